The van der Waals surface area contributed by atoms with Gasteiger partial charge in [0.1, 0.15) is 11.3 Å². The topological polar surface area (TPSA) is 42.4 Å². The number of ether oxygens (including phenoxy) is 1. The summed E-state index contributed by atoms with van der Waals surface area (Å²) in [7, 11) is 0. The molecule has 1 aromatic heterocycles. The predicted molar refractivity (Wildman–Crippen MR) is 175 cm³/mol. The van der Waals surface area contributed by atoms with E-state index >= 15 is 0 Å². The highest BCUT2D eigenvalue weighted by molar-refractivity contribution is 5.87. The predicted octanol–water partition coefficient (Wildman–Crippen LogP) is 10.3. The first-order valence-corrected chi connectivity index (χ1v) is 17.6. The normalized spacial score (nSPS) is 35.0. The summed E-state index contributed by atoms with van der Waals surface area (Å²) in [6.07, 6.45) is 21.9. The lowest BCUT2D eigenvalue weighted by Gasteiger charge is -2.58. The van der Waals surface area contributed by atoms with Crippen LogP contribution in [0, 0.1) is 46.3 Å². The molecule has 4 aliphatic rings. The van der Waals surface area contributed by atoms with Gasteiger partial charge < -0.3 is 9.84 Å². The Kier molecular flexibility index (Phi) is 8.80. The summed E-state index contributed by atoms with van der Waals surface area (Å²) in [5.74, 6) is 5.64. The van der Waals surface area contributed by atoms with Crippen LogP contribution >= 0.6 is 0 Å². The Morgan fingerprint density at radius 3 is 2.67 bits per heavy atom. The second-order valence-electron chi connectivity index (χ2n) is 15.8. The molecule has 42 heavy (non-hydrogen) atoms. The smallest absolute Gasteiger partial charge is 0.141 e. The number of aromatic hydroxyl groups is 1. The Hall–Kier alpha value is -1.87. The third kappa shape index (κ3) is 5.57. The van der Waals surface area contributed by atoms with Crippen molar-refractivity contribution in [1.82, 2.24) is 4.98 Å². The summed E-state index contributed by atoms with van der Waals surface area (Å²) in [5, 5.41) is 11.2. The molecule has 0 aliphatic heterocycles. The van der Waals surface area contributed by atoms with Gasteiger partial charge in [0.05, 0.1) is 6.10 Å². The van der Waals surface area contributed by atoms with Gasteiger partial charge in [-0.2, -0.15) is 0 Å². The number of rotatable bonds is 10. The van der Waals surface area contributed by atoms with Crippen molar-refractivity contribution in [3.8, 4) is 5.75 Å². The maximum atomic E-state index is 10.2. The fourth-order valence-corrected chi connectivity index (χ4v) is 10.7. The van der Waals surface area contributed by atoms with E-state index in [9.17, 15) is 5.11 Å². The summed E-state index contributed by atoms with van der Waals surface area (Å²) in [6, 6.07) is 7.85. The second kappa shape index (κ2) is 12.3. The number of hydrogen-bond donors (Lipinski definition) is 1. The van der Waals surface area contributed by atoms with E-state index in [0.717, 1.165) is 66.8 Å². The molecule has 1 aromatic carbocycles. The van der Waals surface area contributed by atoms with Gasteiger partial charge in [0, 0.05) is 18.2 Å². The van der Waals surface area contributed by atoms with E-state index in [-0.39, 0.29) is 5.75 Å². The minimum absolute atomic E-state index is 0.265. The number of nitrogens with zero attached hydrogens (tertiary/aromatic N) is 1. The van der Waals surface area contributed by atoms with Crippen molar-refractivity contribution in [3.05, 3.63) is 47.7 Å². The molecule has 3 nitrogen and oxygen atoms in total. The highest BCUT2D eigenvalue weighted by Gasteiger charge is 2.59. The Morgan fingerprint density at radius 1 is 0.976 bits per heavy atom. The van der Waals surface area contributed by atoms with Crippen molar-refractivity contribution in [1.29, 1.82) is 0 Å². The van der Waals surface area contributed by atoms with Gasteiger partial charge in [-0.3, -0.25) is 4.98 Å². The molecule has 0 radical (unpaired) electrons. The molecule has 3 heteroatoms. The zero-order chi connectivity index (χ0) is 29.5. The Bertz CT molecular complexity index is 1270. The van der Waals surface area contributed by atoms with Crippen LogP contribution in [0.25, 0.3) is 10.9 Å². The van der Waals surface area contributed by atoms with E-state index in [1.54, 1.807) is 17.8 Å². The van der Waals surface area contributed by atoms with Crippen LogP contribution in [0.2, 0.25) is 0 Å². The van der Waals surface area contributed by atoms with Crippen molar-refractivity contribution >= 4 is 10.9 Å². The van der Waals surface area contributed by atoms with Crippen LogP contribution in [0.3, 0.4) is 0 Å². The van der Waals surface area contributed by atoms with Crippen molar-refractivity contribution < 1.29 is 9.84 Å². The fourth-order valence-electron chi connectivity index (χ4n) is 10.7. The SMILES string of the molecule is CC(C)CCC[C@@H](C)[C@H]1CCC2C3CC=C4C[C@@H](OCCCc5ccc(O)c6ncccc56)CC[C@]4(C)C3CC[C@@]21C. The molecular weight excluding hydrogens is 514 g/mol. The zero-order valence-electron chi connectivity index (χ0n) is 27.2. The monoisotopic (exact) mass is 571 g/mol. The van der Waals surface area contributed by atoms with E-state index < -0.39 is 0 Å². The van der Waals surface area contributed by atoms with Gasteiger partial charge in [-0.15, -0.1) is 0 Å². The van der Waals surface area contributed by atoms with E-state index in [1.165, 1.54) is 69.8 Å². The maximum Gasteiger partial charge on any atom is 0.141 e. The first-order valence-electron chi connectivity index (χ1n) is 17.6. The number of hydrogen-bond acceptors (Lipinski definition) is 3. The highest BCUT2D eigenvalue weighted by Crippen LogP contribution is 2.67. The average Bonchev–Trinajstić information content (AvgIpc) is 3.33. The lowest BCUT2D eigenvalue weighted by Crippen LogP contribution is -2.51. The quantitative estimate of drug-likeness (QED) is 0.228. The minimum Gasteiger partial charge on any atom is -0.506 e. The number of allylic oxidation sites excluding steroid dienone is 1. The van der Waals surface area contributed by atoms with Crippen LogP contribution in [-0.2, 0) is 11.2 Å². The van der Waals surface area contributed by atoms with Crippen LogP contribution in [0.4, 0.5) is 0 Å². The third-order valence-corrected chi connectivity index (χ3v) is 13.0. The fraction of sp³-hybridized carbons (Fsp3) is 0.718. The molecule has 0 spiro atoms. The van der Waals surface area contributed by atoms with Gasteiger partial charge in [-0.25, -0.2) is 0 Å². The molecule has 230 valence electrons. The first kappa shape index (κ1) is 30.2. The van der Waals surface area contributed by atoms with Crippen LogP contribution in [-0.4, -0.2) is 22.8 Å². The molecular formula is C39H57NO2. The van der Waals surface area contributed by atoms with Crippen LogP contribution in [0.1, 0.15) is 117 Å². The second-order valence-corrected chi connectivity index (χ2v) is 15.8. The van der Waals surface area contributed by atoms with Gasteiger partial charge in [-0.05, 0) is 128 Å². The minimum atomic E-state index is 0.265. The summed E-state index contributed by atoms with van der Waals surface area (Å²) >= 11 is 0. The number of phenolic OH excluding ortho intramolecular Hbond substituents is 1. The van der Waals surface area contributed by atoms with Crippen LogP contribution in [0.15, 0.2) is 42.1 Å². The number of pyridine rings is 1. The molecule has 6 rings (SSSR count). The van der Waals surface area contributed by atoms with Crippen LogP contribution < -0.4 is 0 Å². The van der Waals surface area contributed by atoms with Crippen LogP contribution in [0.5, 0.6) is 5.75 Å². The maximum absolute atomic E-state index is 10.2. The van der Waals surface area contributed by atoms with Gasteiger partial charge in [-0.1, -0.05) is 77.7 Å². The Morgan fingerprint density at radius 2 is 1.83 bits per heavy atom. The number of aromatic nitrogens is 1. The van der Waals surface area contributed by atoms with Gasteiger partial charge in [0.25, 0.3) is 0 Å². The largest absolute Gasteiger partial charge is 0.506 e. The standard InChI is InChI=1S/C39H57NO2/c1-26(2)9-6-10-27(3)33-16-17-34-32-15-14-29-25-30(19-21-38(29,4)35(32)20-22-39(33,34)5)42-24-8-11-28-13-18-36(41)37-31(28)12-7-23-40-37/h7,12-14,18,23,26-27,30,32-35,41H,6,8-11,15-17,19-22,24-25H2,1-5H3/t27-,30+,32?,33-,34?,35?,38+,39-/m1/s1. The molecule has 8 atom stereocenters. The summed E-state index contributed by atoms with van der Waals surface area (Å²) in [4.78, 5) is 4.38. The van der Waals surface area contributed by atoms with Crippen molar-refractivity contribution in [3.63, 3.8) is 0 Å². The van der Waals surface area contributed by atoms with Gasteiger partial charge in [0.2, 0.25) is 0 Å². The van der Waals surface area contributed by atoms with E-state index in [4.69, 9.17) is 4.74 Å². The molecule has 2 aromatic rings. The Balaban J connectivity index is 1.04. The number of fused-ring (bicyclic) bond motifs is 6. The lowest BCUT2D eigenvalue weighted by atomic mass is 9.47. The first-order chi connectivity index (χ1) is 20.2. The average molecular weight is 572 g/mol. The molecule has 4 aliphatic carbocycles. The molecule has 1 N–H and O–H groups in total. The molecule has 3 saturated carbocycles. The van der Waals surface area contributed by atoms with E-state index in [0.29, 0.717) is 22.5 Å². The lowest BCUT2D eigenvalue weighted by molar-refractivity contribution is -0.0640. The van der Waals surface area contributed by atoms with Crippen molar-refractivity contribution in [2.45, 2.75) is 124 Å². The van der Waals surface area contributed by atoms with Crippen molar-refractivity contribution in [2.24, 2.45) is 46.3 Å². The van der Waals surface area contributed by atoms with E-state index in [1.807, 2.05) is 12.1 Å². The molecule has 3 unspecified atom stereocenters. The van der Waals surface area contributed by atoms with Gasteiger partial charge >= 0.3 is 0 Å². The number of phenols is 1. The molecule has 1 heterocycles. The summed E-state index contributed by atoms with van der Waals surface area (Å²) in [6.45, 7) is 13.5. The van der Waals surface area contributed by atoms with Crippen molar-refractivity contribution in [2.75, 3.05) is 6.61 Å². The molecule has 0 saturated heterocycles. The highest BCUT2D eigenvalue weighted by atomic mass is 16.5. The number of aryl methyl sites for hydroxylation is 1. The Labute approximate surface area is 255 Å². The molecule has 3 fully saturated rings. The molecule has 0 amide bonds. The molecule has 0 bridgehead atoms. The summed E-state index contributed by atoms with van der Waals surface area (Å²) in [5.41, 5.74) is 4.65. The summed E-state index contributed by atoms with van der Waals surface area (Å²) < 4.78 is 6.54. The third-order valence-electron chi connectivity index (χ3n) is 13.0. The number of benzene rings is 1. The van der Waals surface area contributed by atoms with E-state index in [2.05, 4.69) is 51.7 Å². The van der Waals surface area contributed by atoms with Gasteiger partial charge in [0.15, 0.2) is 0 Å². The zero-order valence-corrected chi connectivity index (χ0v) is 27.2.